The fraction of sp³-hybridized carbons (Fsp3) is 0.429. The second-order valence-electron chi connectivity index (χ2n) is 4.54. The first kappa shape index (κ1) is 11.2. The quantitative estimate of drug-likeness (QED) is 0.836. The molecule has 0 fully saturated rings. The summed E-state index contributed by atoms with van der Waals surface area (Å²) in [5.74, 6) is 0.592. The van der Waals surface area contributed by atoms with Crippen molar-refractivity contribution in [2.24, 2.45) is 12.8 Å². The molecule has 16 heavy (non-hydrogen) atoms. The highest BCUT2D eigenvalue weighted by atomic mass is 14.9. The molecule has 0 radical (unpaired) electrons. The maximum atomic E-state index is 5.57. The number of rotatable bonds is 4. The largest absolute Gasteiger partial charge is 0.350 e. The van der Waals surface area contributed by atoms with Crippen LogP contribution in [0.25, 0.3) is 10.9 Å². The Hall–Kier alpha value is -1.28. The van der Waals surface area contributed by atoms with Crippen molar-refractivity contribution in [1.82, 2.24) is 4.57 Å². The molecule has 0 spiro atoms. The summed E-state index contributed by atoms with van der Waals surface area (Å²) in [7, 11) is 2.11. The summed E-state index contributed by atoms with van der Waals surface area (Å²) in [6, 6.07) is 8.59. The molecule has 2 aromatic rings. The van der Waals surface area contributed by atoms with Crippen molar-refractivity contribution in [3.8, 4) is 0 Å². The van der Waals surface area contributed by atoms with Crippen LogP contribution in [0.4, 0.5) is 0 Å². The van der Waals surface area contributed by atoms with Gasteiger partial charge in [0.2, 0.25) is 0 Å². The molecule has 0 bridgehead atoms. The third-order valence-electron chi connectivity index (χ3n) is 3.30. The summed E-state index contributed by atoms with van der Waals surface area (Å²) in [6.07, 6.45) is 4.53. The van der Waals surface area contributed by atoms with Crippen molar-refractivity contribution in [2.75, 3.05) is 6.54 Å². The minimum atomic E-state index is 0.592. The van der Waals surface area contributed by atoms with E-state index < -0.39 is 0 Å². The number of aromatic nitrogens is 1. The Morgan fingerprint density at radius 3 is 2.81 bits per heavy atom. The number of hydrogen-bond donors (Lipinski definition) is 1. The summed E-state index contributed by atoms with van der Waals surface area (Å²) in [6.45, 7) is 3.08. The first-order chi connectivity index (χ1) is 7.74. The maximum Gasteiger partial charge on any atom is 0.0480 e. The predicted molar refractivity (Wildman–Crippen MR) is 69.6 cm³/mol. The van der Waals surface area contributed by atoms with E-state index in [4.69, 9.17) is 5.73 Å². The normalized spacial score (nSPS) is 13.2. The zero-order valence-corrected chi connectivity index (χ0v) is 10.1. The highest BCUT2D eigenvalue weighted by molar-refractivity contribution is 5.84. The molecule has 1 heterocycles. The number of para-hydroxylation sites is 1. The van der Waals surface area contributed by atoms with Crippen LogP contribution in [0.5, 0.6) is 0 Å². The van der Waals surface area contributed by atoms with Crippen LogP contribution in [-0.4, -0.2) is 11.1 Å². The lowest BCUT2D eigenvalue weighted by Gasteiger charge is -2.09. The number of nitrogens with zero attached hydrogens (tertiary/aromatic N) is 1. The van der Waals surface area contributed by atoms with Gasteiger partial charge in [-0.05, 0) is 36.9 Å². The fourth-order valence-electron chi connectivity index (χ4n) is 2.35. The van der Waals surface area contributed by atoms with Crippen molar-refractivity contribution in [1.29, 1.82) is 0 Å². The zero-order chi connectivity index (χ0) is 11.5. The van der Waals surface area contributed by atoms with E-state index in [1.54, 1.807) is 0 Å². The average Bonchev–Trinajstić information content (AvgIpc) is 2.65. The Kier molecular flexibility index (Phi) is 3.30. The van der Waals surface area contributed by atoms with Gasteiger partial charge in [0.1, 0.15) is 0 Å². The van der Waals surface area contributed by atoms with Gasteiger partial charge in [0.05, 0.1) is 0 Å². The third-order valence-corrected chi connectivity index (χ3v) is 3.30. The van der Waals surface area contributed by atoms with Gasteiger partial charge >= 0.3 is 0 Å². The Balaban J connectivity index is 2.37. The van der Waals surface area contributed by atoms with Crippen LogP contribution in [0.2, 0.25) is 0 Å². The fourth-order valence-corrected chi connectivity index (χ4v) is 2.35. The predicted octanol–water partition coefficient (Wildman–Crippen LogP) is 3.02. The lowest BCUT2D eigenvalue weighted by atomic mass is 9.96. The molecule has 2 heteroatoms. The summed E-state index contributed by atoms with van der Waals surface area (Å²) >= 11 is 0. The second kappa shape index (κ2) is 4.71. The molecular weight excluding hydrogens is 196 g/mol. The van der Waals surface area contributed by atoms with Crippen molar-refractivity contribution in [3.05, 3.63) is 36.0 Å². The molecular formula is C14H20N2. The van der Waals surface area contributed by atoms with Gasteiger partial charge in [-0.25, -0.2) is 0 Å². The van der Waals surface area contributed by atoms with Crippen LogP contribution in [-0.2, 0) is 7.05 Å². The van der Waals surface area contributed by atoms with Gasteiger partial charge < -0.3 is 10.3 Å². The van der Waals surface area contributed by atoms with E-state index >= 15 is 0 Å². The highest BCUT2D eigenvalue weighted by Crippen LogP contribution is 2.29. The molecule has 2 N–H and O–H groups in total. The van der Waals surface area contributed by atoms with E-state index in [1.165, 1.54) is 22.9 Å². The summed E-state index contributed by atoms with van der Waals surface area (Å²) in [5.41, 5.74) is 8.33. The molecule has 2 rings (SSSR count). The summed E-state index contributed by atoms with van der Waals surface area (Å²) in [5, 5.41) is 1.38. The molecule has 1 aromatic heterocycles. The Labute approximate surface area is 97.1 Å². The van der Waals surface area contributed by atoms with Crippen LogP contribution in [0.15, 0.2) is 30.5 Å². The molecule has 1 aromatic carbocycles. The molecule has 2 nitrogen and oxygen atoms in total. The second-order valence-corrected chi connectivity index (χ2v) is 4.54. The molecule has 0 aliphatic rings. The molecule has 1 unspecified atom stereocenters. The highest BCUT2D eigenvalue weighted by Gasteiger charge is 2.11. The van der Waals surface area contributed by atoms with Gasteiger partial charge in [-0.1, -0.05) is 25.1 Å². The van der Waals surface area contributed by atoms with Crippen LogP contribution in [0.1, 0.15) is 31.2 Å². The van der Waals surface area contributed by atoms with Gasteiger partial charge in [0.25, 0.3) is 0 Å². The Bertz CT molecular complexity index is 471. The van der Waals surface area contributed by atoms with Crippen LogP contribution < -0.4 is 5.73 Å². The van der Waals surface area contributed by atoms with Gasteiger partial charge in [-0.2, -0.15) is 0 Å². The molecule has 0 saturated carbocycles. The summed E-state index contributed by atoms with van der Waals surface area (Å²) < 4.78 is 2.21. The number of hydrogen-bond acceptors (Lipinski definition) is 1. The first-order valence-corrected chi connectivity index (χ1v) is 5.98. The lowest BCUT2D eigenvalue weighted by Crippen LogP contribution is -2.01. The van der Waals surface area contributed by atoms with Gasteiger partial charge in [-0.15, -0.1) is 0 Å². The lowest BCUT2D eigenvalue weighted by molar-refractivity contribution is 0.642. The third kappa shape index (κ3) is 1.98. The first-order valence-electron chi connectivity index (χ1n) is 5.98. The molecule has 86 valence electrons. The van der Waals surface area contributed by atoms with E-state index in [0.717, 1.165) is 13.0 Å². The summed E-state index contributed by atoms with van der Waals surface area (Å²) in [4.78, 5) is 0. The van der Waals surface area contributed by atoms with E-state index in [-0.39, 0.29) is 0 Å². The zero-order valence-electron chi connectivity index (χ0n) is 10.1. The van der Waals surface area contributed by atoms with Crippen molar-refractivity contribution in [3.63, 3.8) is 0 Å². The Morgan fingerprint density at radius 2 is 2.06 bits per heavy atom. The monoisotopic (exact) mass is 216 g/mol. The van der Waals surface area contributed by atoms with E-state index in [9.17, 15) is 0 Å². The minimum absolute atomic E-state index is 0.592. The number of benzene rings is 1. The smallest absolute Gasteiger partial charge is 0.0480 e. The van der Waals surface area contributed by atoms with Crippen molar-refractivity contribution >= 4 is 10.9 Å². The maximum absolute atomic E-state index is 5.57. The van der Waals surface area contributed by atoms with Gasteiger partial charge in [-0.3, -0.25) is 0 Å². The van der Waals surface area contributed by atoms with E-state index in [1.807, 2.05) is 0 Å². The molecule has 0 aliphatic heterocycles. The van der Waals surface area contributed by atoms with E-state index in [2.05, 4.69) is 49.0 Å². The van der Waals surface area contributed by atoms with Crippen LogP contribution >= 0.6 is 0 Å². The average molecular weight is 216 g/mol. The molecule has 1 atom stereocenters. The topological polar surface area (TPSA) is 30.9 Å². The van der Waals surface area contributed by atoms with Gasteiger partial charge in [0.15, 0.2) is 0 Å². The minimum Gasteiger partial charge on any atom is -0.350 e. The van der Waals surface area contributed by atoms with E-state index in [0.29, 0.717) is 5.92 Å². The van der Waals surface area contributed by atoms with Crippen molar-refractivity contribution < 1.29 is 0 Å². The van der Waals surface area contributed by atoms with Crippen molar-refractivity contribution in [2.45, 2.75) is 25.7 Å². The van der Waals surface area contributed by atoms with Crippen LogP contribution in [0, 0.1) is 0 Å². The number of nitrogens with two attached hydrogens (primary N) is 1. The van der Waals surface area contributed by atoms with Gasteiger partial charge in [0, 0.05) is 24.1 Å². The number of fused-ring (bicyclic) bond motifs is 1. The molecule has 0 saturated heterocycles. The molecule has 0 amide bonds. The molecule has 0 aliphatic carbocycles. The van der Waals surface area contributed by atoms with Crippen LogP contribution in [0.3, 0.4) is 0 Å². The number of aryl methyl sites for hydroxylation is 1. The SMILES string of the molecule is CC(CCCN)c1cn(C)c2ccccc12. The standard InChI is InChI=1S/C14H20N2/c1-11(6-5-9-15)13-10-16(2)14-8-4-3-7-12(13)14/h3-4,7-8,10-11H,5-6,9,15H2,1-2H3. The Morgan fingerprint density at radius 1 is 1.31 bits per heavy atom.